The maximum Gasteiger partial charge on any atom is 2.00 e. The number of rotatable bonds is 5. The van der Waals surface area contributed by atoms with Crippen LogP contribution in [0.3, 0.4) is 0 Å². The number of aromatic nitrogens is 5. The van der Waals surface area contributed by atoms with Gasteiger partial charge in [-0.15, -0.1) is 17.5 Å². The summed E-state index contributed by atoms with van der Waals surface area (Å²) >= 11 is 0. The van der Waals surface area contributed by atoms with Gasteiger partial charge in [0.05, 0.1) is 5.69 Å². The van der Waals surface area contributed by atoms with Gasteiger partial charge in [0.15, 0.2) is 0 Å². The summed E-state index contributed by atoms with van der Waals surface area (Å²) in [6.07, 6.45) is 1.89. The van der Waals surface area contributed by atoms with E-state index in [1.165, 1.54) is 22.3 Å². The molecule has 0 saturated heterocycles. The summed E-state index contributed by atoms with van der Waals surface area (Å²) in [7, 11) is 0. The van der Waals surface area contributed by atoms with Crippen LogP contribution in [-0.4, -0.2) is 19.6 Å². The normalized spacial score (nSPS) is 12.7. The molecule has 6 nitrogen and oxygen atoms in total. The van der Waals surface area contributed by atoms with Crippen molar-refractivity contribution >= 4 is 21.8 Å². The zero-order valence-electron chi connectivity index (χ0n) is 33.6. The van der Waals surface area contributed by atoms with Crippen LogP contribution in [0.4, 0.5) is 0 Å². The molecule has 0 radical (unpaired) electrons. The van der Waals surface area contributed by atoms with Crippen LogP contribution in [0.1, 0.15) is 105 Å². The van der Waals surface area contributed by atoms with Gasteiger partial charge in [0.1, 0.15) is 5.82 Å². The molecule has 7 heteroatoms. The van der Waals surface area contributed by atoms with Crippen molar-refractivity contribution in [2.45, 2.75) is 105 Å². The Hall–Kier alpha value is -4.54. The van der Waals surface area contributed by atoms with Crippen LogP contribution in [-0.2, 0) is 42.7 Å². The second kappa shape index (κ2) is 13.9. The largest absolute Gasteiger partial charge is 2.00 e. The molecule has 0 bridgehead atoms. The van der Waals surface area contributed by atoms with Crippen LogP contribution in [0, 0.1) is 6.07 Å². The zero-order chi connectivity index (χ0) is 38.1. The van der Waals surface area contributed by atoms with E-state index in [1.54, 1.807) is 0 Å². The van der Waals surface area contributed by atoms with Gasteiger partial charge < -0.3 is 19.5 Å². The van der Waals surface area contributed by atoms with Crippen LogP contribution in [0.15, 0.2) is 91.1 Å². The van der Waals surface area contributed by atoms with Crippen LogP contribution in [0.2, 0.25) is 0 Å². The van der Waals surface area contributed by atoms with Crippen molar-refractivity contribution in [1.29, 1.82) is 0 Å². The SMILES string of the molecule is CC(C)(C)c1ccnc(-n2c3[c-]c(Oc4cccc(-c5cc(-c6c(C(C)(C)C)cc(C(C)(C)C)cc6C(C)(C)C)n[n-]5)n4)ccc3c3ccccc32)c1.[Pt+2]. The fraction of sp³-hybridized carbons (Fsp3) is 0.340. The zero-order valence-corrected chi connectivity index (χ0v) is 35.9. The van der Waals surface area contributed by atoms with Crippen molar-refractivity contribution < 1.29 is 25.8 Å². The monoisotopic (exact) mass is 896 g/mol. The van der Waals surface area contributed by atoms with Crippen molar-refractivity contribution in [2.24, 2.45) is 0 Å². The summed E-state index contributed by atoms with van der Waals surface area (Å²) in [6, 6.07) is 32.8. The van der Waals surface area contributed by atoms with Crippen molar-refractivity contribution in [3.8, 4) is 40.1 Å². The van der Waals surface area contributed by atoms with Crippen LogP contribution in [0.25, 0.3) is 50.3 Å². The average Bonchev–Trinajstić information content (AvgIpc) is 3.70. The first kappa shape index (κ1) is 39.2. The Labute approximate surface area is 335 Å². The minimum atomic E-state index is -0.101. The number of para-hydroxylation sites is 1. The van der Waals surface area contributed by atoms with Crippen LogP contribution in [0.5, 0.6) is 11.6 Å². The maximum absolute atomic E-state index is 6.43. The first-order valence-electron chi connectivity index (χ1n) is 18.6. The predicted octanol–water partition coefficient (Wildman–Crippen LogP) is 12.0. The number of ether oxygens (including phenoxy) is 1. The number of benzene rings is 3. The van der Waals surface area contributed by atoms with E-state index in [-0.39, 0.29) is 42.7 Å². The molecule has 0 amide bonds. The summed E-state index contributed by atoms with van der Waals surface area (Å²) < 4.78 is 8.60. The Morgan fingerprint density at radius 2 is 1.30 bits per heavy atom. The third kappa shape index (κ3) is 7.55. The molecule has 0 aliphatic rings. The molecule has 0 N–H and O–H groups in total. The molecule has 7 aromatic rings. The van der Waals surface area contributed by atoms with E-state index in [0.717, 1.165) is 38.9 Å². The second-order valence-corrected chi connectivity index (χ2v) is 18.4. The fourth-order valence-electron chi connectivity index (χ4n) is 6.98. The van der Waals surface area contributed by atoms with Gasteiger partial charge in [-0.3, -0.25) is 0 Å². The summed E-state index contributed by atoms with van der Waals surface area (Å²) in [5.41, 5.74) is 10.3. The molecule has 0 fully saturated rings. The minimum absolute atomic E-state index is 0. The molecule has 54 heavy (non-hydrogen) atoms. The molecule has 0 atom stereocenters. The Balaban J connectivity index is 0.00000497. The third-order valence-electron chi connectivity index (χ3n) is 10.0. The van der Waals surface area contributed by atoms with Gasteiger partial charge in [0.25, 0.3) is 0 Å². The number of nitrogens with zero attached hydrogens (tertiary/aromatic N) is 5. The Morgan fingerprint density at radius 1 is 0.630 bits per heavy atom. The maximum atomic E-state index is 6.43. The molecular weight excluding hydrogens is 846 g/mol. The molecule has 0 spiro atoms. The average molecular weight is 897 g/mol. The first-order chi connectivity index (χ1) is 24.8. The van der Waals surface area contributed by atoms with E-state index in [2.05, 4.69) is 159 Å². The van der Waals surface area contributed by atoms with E-state index in [9.17, 15) is 0 Å². The molecule has 0 unspecified atom stereocenters. The van der Waals surface area contributed by atoms with Gasteiger partial charge in [-0.2, -0.15) is 6.07 Å². The molecular formula is C47H51N5OPt. The third-order valence-corrected chi connectivity index (χ3v) is 10.0. The van der Waals surface area contributed by atoms with E-state index < -0.39 is 0 Å². The van der Waals surface area contributed by atoms with Gasteiger partial charge in [-0.25, -0.2) is 9.97 Å². The molecule has 0 aliphatic carbocycles. The molecule has 0 saturated carbocycles. The quantitative estimate of drug-likeness (QED) is 0.161. The summed E-state index contributed by atoms with van der Waals surface area (Å²) in [5, 5.41) is 11.7. The molecule has 4 aromatic heterocycles. The Bertz CT molecular complexity index is 2440. The molecule has 4 heterocycles. The van der Waals surface area contributed by atoms with Crippen LogP contribution >= 0.6 is 0 Å². The van der Waals surface area contributed by atoms with E-state index in [4.69, 9.17) is 19.8 Å². The standard InChI is InChI=1S/C47H51N5O.Pt/c1-44(2,3)29-22-23-48-41(26-29)52-39-18-14-13-16-32(39)33-21-20-31(27-40(33)52)53-42-19-15-17-36(49-42)37-28-38(51-50-37)43-34(46(7,8)9)24-30(45(4,5)6)25-35(43)47(10,11)12;/h13-26,28H,1-12H3;/q-2;+2. The fourth-order valence-corrected chi connectivity index (χ4v) is 6.98. The smallest absolute Gasteiger partial charge is 0.573 e. The number of hydrogen-bond acceptors (Lipinski definition) is 4. The topological polar surface area (TPSA) is 66.9 Å². The summed E-state index contributed by atoms with van der Waals surface area (Å²) in [5.74, 6) is 1.87. The first-order valence-corrected chi connectivity index (χ1v) is 18.6. The van der Waals surface area contributed by atoms with E-state index >= 15 is 0 Å². The molecule has 280 valence electrons. The van der Waals surface area contributed by atoms with Crippen molar-refractivity contribution in [3.05, 3.63) is 119 Å². The summed E-state index contributed by atoms with van der Waals surface area (Å²) in [6.45, 7) is 27.1. The van der Waals surface area contributed by atoms with Gasteiger partial charge in [0.2, 0.25) is 5.88 Å². The van der Waals surface area contributed by atoms with Crippen molar-refractivity contribution in [1.82, 2.24) is 24.7 Å². The van der Waals surface area contributed by atoms with E-state index in [1.807, 2.05) is 30.5 Å². The van der Waals surface area contributed by atoms with Crippen molar-refractivity contribution in [3.63, 3.8) is 0 Å². The predicted molar refractivity (Wildman–Crippen MR) is 219 cm³/mol. The number of hydrogen-bond donors (Lipinski definition) is 0. The van der Waals surface area contributed by atoms with Gasteiger partial charge in [0, 0.05) is 34.8 Å². The minimum Gasteiger partial charge on any atom is -0.573 e. The van der Waals surface area contributed by atoms with Gasteiger partial charge >= 0.3 is 21.1 Å². The van der Waals surface area contributed by atoms with E-state index in [0.29, 0.717) is 23.0 Å². The van der Waals surface area contributed by atoms with Gasteiger partial charge in [-0.05, 0) is 79.6 Å². The van der Waals surface area contributed by atoms with Gasteiger partial charge in [-0.1, -0.05) is 131 Å². The Kier molecular flexibility index (Phi) is 10.1. The Morgan fingerprint density at radius 3 is 1.94 bits per heavy atom. The molecule has 0 aliphatic heterocycles. The molecule has 3 aromatic carbocycles. The second-order valence-electron chi connectivity index (χ2n) is 18.4. The number of pyridine rings is 2. The van der Waals surface area contributed by atoms with Crippen molar-refractivity contribution in [2.75, 3.05) is 0 Å². The molecule has 7 rings (SSSR count). The van der Waals surface area contributed by atoms with Crippen LogP contribution < -0.4 is 9.84 Å². The summed E-state index contributed by atoms with van der Waals surface area (Å²) in [4.78, 5) is 9.72. The number of fused-ring (bicyclic) bond motifs is 3.